The number of H-pyrrole nitrogens is 1. The zero-order chi connectivity index (χ0) is 20.2. The van der Waals surface area contributed by atoms with Crippen LogP contribution in [0.3, 0.4) is 0 Å². The molecule has 0 bridgehead atoms. The topological polar surface area (TPSA) is 71.8 Å². The van der Waals surface area contributed by atoms with E-state index in [4.69, 9.17) is 16.6 Å². The molecular formula is C22H16ClN3O2S. The van der Waals surface area contributed by atoms with Crippen molar-refractivity contribution in [3.63, 3.8) is 0 Å². The van der Waals surface area contributed by atoms with Gasteiger partial charge < -0.3 is 4.98 Å². The van der Waals surface area contributed by atoms with E-state index in [1.54, 1.807) is 6.07 Å². The third-order valence-corrected chi connectivity index (χ3v) is 5.69. The Bertz CT molecular complexity index is 1090. The average molecular weight is 422 g/mol. The highest BCUT2D eigenvalue weighted by atomic mass is 35.5. The molecule has 0 unspecified atom stereocenters. The summed E-state index contributed by atoms with van der Waals surface area (Å²) in [5.41, 5.74) is 4.58. The van der Waals surface area contributed by atoms with E-state index in [1.807, 2.05) is 60.7 Å². The zero-order valence-corrected chi connectivity index (χ0v) is 16.8. The van der Waals surface area contributed by atoms with Crippen LogP contribution in [-0.2, 0) is 5.75 Å². The van der Waals surface area contributed by atoms with Crippen molar-refractivity contribution in [3.05, 3.63) is 99.6 Å². The van der Waals surface area contributed by atoms with Crippen LogP contribution in [0.4, 0.5) is 5.69 Å². The van der Waals surface area contributed by atoms with Crippen LogP contribution in [0.25, 0.3) is 22.5 Å². The van der Waals surface area contributed by atoms with Crippen LogP contribution in [0.2, 0.25) is 5.02 Å². The van der Waals surface area contributed by atoms with Crippen molar-refractivity contribution in [1.82, 2.24) is 9.97 Å². The lowest BCUT2D eigenvalue weighted by atomic mass is 10.1. The quantitative estimate of drug-likeness (QED) is 0.216. The maximum absolute atomic E-state index is 11.0. The maximum atomic E-state index is 11.0. The second-order valence-electron chi connectivity index (χ2n) is 6.32. The molecular weight excluding hydrogens is 406 g/mol. The van der Waals surface area contributed by atoms with Crippen LogP contribution >= 0.6 is 23.4 Å². The van der Waals surface area contributed by atoms with Crippen molar-refractivity contribution >= 4 is 29.1 Å². The first-order chi connectivity index (χ1) is 14.1. The molecule has 1 aromatic heterocycles. The van der Waals surface area contributed by atoms with Crippen LogP contribution in [0, 0.1) is 10.1 Å². The second-order valence-corrected chi connectivity index (χ2v) is 7.69. The SMILES string of the molecule is O=[N+]([O-])c1ccc(Cl)c(CSc2nc(-c3ccccc3)c(-c3ccccc3)[nH]2)c1. The lowest BCUT2D eigenvalue weighted by Gasteiger charge is -2.03. The van der Waals surface area contributed by atoms with Gasteiger partial charge in [0.05, 0.1) is 16.3 Å². The second kappa shape index (κ2) is 8.51. The molecule has 4 aromatic rings. The van der Waals surface area contributed by atoms with Gasteiger partial charge in [-0.2, -0.15) is 0 Å². The van der Waals surface area contributed by atoms with Gasteiger partial charge in [-0.1, -0.05) is 84.0 Å². The van der Waals surface area contributed by atoms with Gasteiger partial charge in [0.25, 0.3) is 5.69 Å². The number of aromatic nitrogens is 2. The van der Waals surface area contributed by atoms with E-state index in [-0.39, 0.29) is 5.69 Å². The fraction of sp³-hybridized carbons (Fsp3) is 0.0455. The predicted molar refractivity (Wildman–Crippen MR) is 117 cm³/mol. The number of thioether (sulfide) groups is 1. The molecule has 29 heavy (non-hydrogen) atoms. The van der Waals surface area contributed by atoms with E-state index in [0.717, 1.165) is 27.7 Å². The van der Waals surface area contributed by atoms with Gasteiger partial charge in [0.2, 0.25) is 0 Å². The van der Waals surface area contributed by atoms with Crippen molar-refractivity contribution < 1.29 is 4.92 Å². The van der Waals surface area contributed by atoms with E-state index in [1.165, 1.54) is 23.9 Å². The number of rotatable bonds is 6. The Labute approximate surface area is 176 Å². The molecule has 5 nitrogen and oxygen atoms in total. The number of nitrogens with one attached hydrogen (secondary N) is 1. The Kier molecular flexibility index (Phi) is 5.64. The summed E-state index contributed by atoms with van der Waals surface area (Å²) < 4.78 is 0. The number of imidazole rings is 1. The van der Waals surface area contributed by atoms with E-state index in [0.29, 0.717) is 16.3 Å². The Balaban J connectivity index is 1.66. The van der Waals surface area contributed by atoms with E-state index >= 15 is 0 Å². The number of non-ortho nitro benzene ring substituents is 1. The van der Waals surface area contributed by atoms with Crippen LogP contribution in [0.5, 0.6) is 0 Å². The molecule has 0 aliphatic carbocycles. The van der Waals surface area contributed by atoms with Gasteiger partial charge in [0.15, 0.2) is 5.16 Å². The summed E-state index contributed by atoms with van der Waals surface area (Å²) in [5.74, 6) is 0.469. The van der Waals surface area contributed by atoms with Gasteiger partial charge in [-0.3, -0.25) is 10.1 Å². The molecule has 0 fully saturated rings. The van der Waals surface area contributed by atoms with Crippen molar-refractivity contribution in [2.45, 2.75) is 10.9 Å². The third-order valence-electron chi connectivity index (χ3n) is 4.40. The van der Waals surface area contributed by atoms with Crippen LogP contribution < -0.4 is 0 Å². The summed E-state index contributed by atoms with van der Waals surface area (Å²) in [5, 5.41) is 12.3. The summed E-state index contributed by atoms with van der Waals surface area (Å²) in [4.78, 5) is 18.8. The number of aromatic amines is 1. The summed E-state index contributed by atoms with van der Waals surface area (Å²) in [6, 6.07) is 24.5. The van der Waals surface area contributed by atoms with Gasteiger partial charge >= 0.3 is 0 Å². The lowest BCUT2D eigenvalue weighted by Crippen LogP contribution is -1.91. The monoisotopic (exact) mass is 421 g/mol. The van der Waals surface area contributed by atoms with Crippen LogP contribution in [0.15, 0.2) is 84.0 Å². The van der Waals surface area contributed by atoms with E-state index in [9.17, 15) is 10.1 Å². The molecule has 0 spiro atoms. The number of nitrogens with zero attached hydrogens (tertiary/aromatic N) is 2. The first kappa shape index (κ1) is 19.2. The molecule has 1 N–H and O–H groups in total. The Morgan fingerprint density at radius 2 is 1.62 bits per heavy atom. The van der Waals surface area contributed by atoms with Gasteiger partial charge in [0, 0.05) is 34.0 Å². The van der Waals surface area contributed by atoms with Gasteiger partial charge in [-0.05, 0) is 11.6 Å². The molecule has 7 heteroatoms. The molecule has 0 saturated carbocycles. The molecule has 4 rings (SSSR count). The highest BCUT2D eigenvalue weighted by molar-refractivity contribution is 7.98. The average Bonchev–Trinajstić information content (AvgIpc) is 3.18. The minimum atomic E-state index is -0.418. The largest absolute Gasteiger partial charge is 0.332 e. The number of nitro benzene ring substituents is 1. The summed E-state index contributed by atoms with van der Waals surface area (Å²) in [6.07, 6.45) is 0. The number of hydrogen-bond acceptors (Lipinski definition) is 4. The van der Waals surface area contributed by atoms with E-state index in [2.05, 4.69) is 4.98 Å². The molecule has 1 heterocycles. The summed E-state index contributed by atoms with van der Waals surface area (Å²) >= 11 is 7.69. The third kappa shape index (κ3) is 4.34. The molecule has 144 valence electrons. The van der Waals surface area contributed by atoms with Crippen molar-refractivity contribution in [1.29, 1.82) is 0 Å². The lowest BCUT2D eigenvalue weighted by molar-refractivity contribution is -0.384. The molecule has 0 aliphatic rings. The van der Waals surface area contributed by atoms with Crippen LogP contribution in [0.1, 0.15) is 5.56 Å². The van der Waals surface area contributed by atoms with Crippen molar-refractivity contribution in [2.75, 3.05) is 0 Å². The maximum Gasteiger partial charge on any atom is 0.269 e. The standard InChI is InChI=1S/C22H16ClN3O2S/c23-19-12-11-18(26(27)28)13-17(19)14-29-22-24-20(15-7-3-1-4-8-15)21(25-22)16-9-5-2-6-10-16/h1-13H,14H2,(H,24,25). The molecule has 0 atom stereocenters. The Morgan fingerprint density at radius 1 is 0.966 bits per heavy atom. The van der Waals surface area contributed by atoms with Gasteiger partial charge in [-0.25, -0.2) is 4.98 Å². The van der Waals surface area contributed by atoms with Crippen LogP contribution in [-0.4, -0.2) is 14.9 Å². The van der Waals surface area contributed by atoms with Crippen molar-refractivity contribution in [3.8, 4) is 22.5 Å². The number of halogens is 1. The summed E-state index contributed by atoms with van der Waals surface area (Å²) in [6.45, 7) is 0. The number of nitro groups is 1. The Hall–Kier alpha value is -3.09. The summed E-state index contributed by atoms with van der Waals surface area (Å²) in [7, 11) is 0. The van der Waals surface area contributed by atoms with Crippen molar-refractivity contribution in [2.24, 2.45) is 0 Å². The van der Waals surface area contributed by atoms with E-state index < -0.39 is 4.92 Å². The molecule has 0 saturated heterocycles. The zero-order valence-electron chi connectivity index (χ0n) is 15.2. The Morgan fingerprint density at radius 3 is 2.28 bits per heavy atom. The van der Waals surface area contributed by atoms with Gasteiger partial charge in [-0.15, -0.1) is 0 Å². The fourth-order valence-electron chi connectivity index (χ4n) is 2.97. The smallest absolute Gasteiger partial charge is 0.269 e. The first-order valence-electron chi connectivity index (χ1n) is 8.88. The minimum absolute atomic E-state index is 0.0272. The molecule has 0 amide bonds. The minimum Gasteiger partial charge on any atom is -0.332 e. The highest BCUT2D eigenvalue weighted by Crippen LogP contribution is 2.34. The number of hydrogen-bond donors (Lipinski definition) is 1. The molecule has 0 radical (unpaired) electrons. The predicted octanol–water partition coefficient (Wildman–Crippen LogP) is 6.60. The fourth-order valence-corrected chi connectivity index (χ4v) is 4.09. The highest BCUT2D eigenvalue weighted by Gasteiger charge is 2.16. The number of benzene rings is 3. The first-order valence-corrected chi connectivity index (χ1v) is 10.2. The molecule has 3 aromatic carbocycles. The molecule has 0 aliphatic heterocycles. The normalized spacial score (nSPS) is 10.8. The van der Waals surface area contributed by atoms with Gasteiger partial charge in [0.1, 0.15) is 0 Å².